The van der Waals surface area contributed by atoms with E-state index in [1.54, 1.807) is 0 Å². The summed E-state index contributed by atoms with van der Waals surface area (Å²) in [5.74, 6) is 0. The molecule has 0 aliphatic carbocycles. The Hall–Kier alpha value is 0.770. The van der Waals surface area contributed by atoms with Crippen molar-refractivity contribution in [3.8, 4) is 0 Å². The molecule has 0 aliphatic heterocycles. The zero-order valence-corrected chi connectivity index (χ0v) is 8.91. The van der Waals surface area contributed by atoms with Gasteiger partial charge in [0.1, 0.15) is 0 Å². The van der Waals surface area contributed by atoms with E-state index in [0.717, 1.165) is 0 Å². The average molecular weight is 351 g/mol. The molecule has 0 atom stereocenters. The molecule has 0 rings (SSSR count). The Morgan fingerprint density at radius 3 is 1.50 bits per heavy atom. The van der Waals surface area contributed by atoms with Gasteiger partial charge in [-0.25, -0.2) is 0 Å². The molecular formula is C4H12AuNO3S. The molecule has 0 saturated carbocycles. The Balaban J connectivity index is -0.0000000910. The van der Waals surface area contributed by atoms with Crippen LogP contribution < -0.4 is 5.32 Å². The summed E-state index contributed by atoms with van der Waals surface area (Å²) < 4.78 is 25.3. The van der Waals surface area contributed by atoms with Gasteiger partial charge >= 0.3 is 22.4 Å². The Morgan fingerprint density at radius 2 is 1.50 bits per heavy atom. The molecule has 0 aliphatic rings. The summed E-state index contributed by atoms with van der Waals surface area (Å²) in [6.07, 6.45) is 0. The first-order chi connectivity index (χ1) is 4.15. The van der Waals surface area contributed by atoms with E-state index < -0.39 is 11.4 Å². The van der Waals surface area contributed by atoms with Gasteiger partial charge in [0.25, 0.3) is 0 Å². The van der Waals surface area contributed by atoms with Crippen LogP contribution in [0.1, 0.15) is 13.8 Å². The molecular weight excluding hydrogens is 339 g/mol. The van der Waals surface area contributed by atoms with E-state index in [9.17, 15) is 0 Å². The van der Waals surface area contributed by atoms with Crippen LogP contribution in [0.2, 0.25) is 0 Å². The van der Waals surface area contributed by atoms with Crippen molar-refractivity contribution in [2.24, 2.45) is 0 Å². The molecule has 0 saturated heterocycles. The van der Waals surface area contributed by atoms with Gasteiger partial charge in [0.2, 0.25) is 0 Å². The standard InChI is InChI=1S/C4H11N.Au.H2O3S/c1-3-5-4-2;;1-4(2)3/h5H,3-4H2,1-2H3;;(H2,1,2,3)/q;+1;/p-1. The Bertz CT molecular complexity index is 67.5. The minimum atomic E-state index is -3.11. The van der Waals surface area contributed by atoms with Crippen LogP contribution in [-0.2, 0) is 33.7 Å². The molecule has 0 unspecified atom stereocenters. The summed E-state index contributed by atoms with van der Waals surface area (Å²) in [7, 11) is 0. The smallest absolute Gasteiger partial charge is 0.784 e. The van der Waals surface area contributed by atoms with Gasteiger partial charge in [-0.15, -0.1) is 11.4 Å². The Kier molecular flexibility index (Phi) is 27.9. The zero-order valence-electron chi connectivity index (χ0n) is 5.93. The fraction of sp³-hybridized carbons (Fsp3) is 1.00. The summed E-state index contributed by atoms with van der Waals surface area (Å²) in [4.78, 5) is 0. The molecule has 0 spiro atoms. The molecule has 4 nitrogen and oxygen atoms in total. The van der Waals surface area contributed by atoms with Crippen molar-refractivity contribution >= 4 is 11.4 Å². The fourth-order valence-corrected chi connectivity index (χ4v) is 0.289. The second kappa shape index (κ2) is 16.4. The molecule has 0 bridgehead atoms. The molecule has 2 N–H and O–H groups in total. The summed E-state index contributed by atoms with van der Waals surface area (Å²) in [5.41, 5.74) is 0. The van der Waals surface area contributed by atoms with Crippen molar-refractivity contribution in [1.29, 1.82) is 0 Å². The molecule has 68 valence electrons. The summed E-state index contributed by atoms with van der Waals surface area (Å²) >= 11 is -3.11. The fourth-order valence-electron chi connectivity index (χ4n) is 0.289. The predicted molar refractivity (Wildman–Crippen MR) is 32.7 cm³/mol. The van der Waals surface area contributed by atoms with Crippen LogP contribution in [-0.4, -0.2) is 26.4 Å². The van der Waals surface area contributed by atoms with E-state index in [-0.39, 0.29) is 22.4 Å². The van der Waals surface area contributed by atoms with Crippen molar-refractivity contribution in [3.63, 3.8) is 0 Å². The third-order valence-corrected chi connectivity index (χ3v) is 0.577. The maximum Gasteiger partial charge on any atom is 1.00 e. The summed E-state index contributed by atoms with van der Waals surface area (Å²) in [6.45, 7) is 6.75. The normalized spacial score (nSPS) is 7.70. The molecule has 0 fully saturated rings. The van der Waals surface area contributed by atoms with E-state index in [1.165, 1.54) is 13.1 Å². The number of hydrogen-bond donors (Lipinski definition) is 1. The third kappa shape index (κ3) is 69.0. The van der Waals surface area contributed by atoms with Crippen LogP contribution in [0.5, 0.6) is 0 Å². The SMILES string of the molecule is CC[NH2+]CC.O=S([O-])[O-].[Au+]. The Labute approximate surface area is 79.4 Å². The van der Waals surface area contributed by atoms with E-state index in [2.05, 4.69) is 19.2 Å². The Morgan fingerprint density at radius 1 is 1.30 bits per heavy atom. The van der Waals surface area contributed by atoms with E-state index >= 15 is 0 Å². The van der Waals surface area contributed by atoms with Crippen LogP contribution >= 0.6 is 0 Å². The van der Waals surface area contributed by atoms with E-state index in [0.29, 0.717) is 0 Å². The van der Waals surface area contributed by atoms with Crippen molar-refractivity contribution in [2.75, 3.05) is 13.1 Å². The first-order valence-corrected chi connectivity index (χ1v) is 3.73. The maximum absolute atomic E-state index is 8.44. The number of quaternary nitrogens is 1. The largest absolute Gasteiger partial charge is 1.00 e. The number of nitrogens with two attached hydrogens (primary N) is 1. The van der Waals surface area contributed by atoms with Crippen LogP contribution in [0, 0.1) is 0 Å². The van der Waals surface area contributed by atoms with E-state index in [4.69, 9.17) is 13.3 Å². The van der Waals surface area contributed by atoms with Gasteiger partial charge in [-0.2, -0.15) is 0 Å². The molecule has 0 heterocycles. The molecule has 0 amide bonds. The van der Waals surface area contributed by atoms with E-state index in [1.807, 2.05) is 0 Å². The molecule has 0 aromatic carbocycles. The monoisotopic (exact) mass is 351 g/mol. The van der Waals surface area contributed by atoms with Crippen LogP contribution in [0.4, 0.5) is 0 Å². The molecule has 10 heavy (non-hydrogen) atoms. The topological polar surface area (TPSA) is 79.8 Å². The molecule has 0 aromatic rings. The van der Waals surface area contributed by atoms with Gasteiger partial charge < -0.3 is 14.4 Å². The van der Waals surface area contributed by atoms with Crippen LogP contribution in [0.25, 0.3) is 0 Å². The predicted octanol–water partition coefficient (Wildman–Crippen LogP) is -1.42. The second-order valence-electron chi connectivity index (χ2n) is 1.31. The van der Waals surface area contributed by atoms with Crippen molar-refractivity contribution < 1.29 is 41.0 Å². The average Bonchev–Trinajstić information content (AvgIpc) is 1.66. The van der Waals surface area contributed by atoms with Gasteiger partial charge in [0.05, 0.1) is 13.1 Å². The summed E-state index contributed by atoms with van der Waals surface area (Å²) in [5, 5.41) is 2.25. The van der Waals surface area contributed by atoms with Gasteiger partial charge in [-0.3, -0.25) is 4.21 Å². The van der Waals surface area contributed by atoms with Crippen LogP contribution in [0.3, 0.4) is 0 Å². The molecule has 0 radical (unpaired) electrons. The summed E-state index contributed by atoms with van der Waals surface area (Å²) in [6, 6.07) is 0. The van der Waals surface area contributed by atoms with Crippen molar-refractivity contribution in [3.05, 3.63) is 0 Å². The van der Waals surface area contributed by atoms with Crippen molar-refractivity contribution in [2.45, 2.75) is 13.8 Å². The zero-order chi connectivity index (χ0) is 7.70. The number of rotatable bonds is 2. The quantitative estimate of drug-likeness (QED) is 0.490. The third-order valence-electron chi connectivity index (χ3n) is 0.577. The van der Waals surface area contributed by atoms with Gasteiger partial charge in [0.15, 0.2) is 0 Å². The molecule has 0 aromatic heterocycles. The van der Waals surface area contributed by atoms with Gasteiger partial charge in [-0.1, -0.05) is 0 Å². The minimum Gasteiger partial charge on any atom is -0.784 e. The second-order valence-corrected chi connectivity index (χ2v) is 1.72. The van der Waals surface area contributed by atoms with Gasteiger partial charge in [-0.05, 0) is 13.8 Å². The minimum absolute atomic E-state index is 0. The van der Waals surface area contributed by atoms with Crippen LogP contribution in [0.15, 0.2) is 0 Å². The molecule has 6 heteroatoms. The first-order valence-electron chi connectivity index (χ1n) is 2.73. The number of hydrogen-bond acceptors (Lipinski definition) is 3. The first kappa shape index (κ1) is 17.0. The van der Waals surface area contributed by atoms with Gasteiger partial charge in [0, 0.05) is 0 Å². The maximum atomic E-state index is 8.44. The van der Waals surface area contributed by atoms with Crippen molar-refractivity contribution in [1.82, 2.24) is 0 Å².